The van der Waals surface area contributed by atoms with Gasteiger partial charge < -0.3 is 24.9 Å². The molecule has 4 N–H and O–H groups in total. The van der Waals surface area contributed by atoms with Crippen LogP contribution in [0.5, 0.6) is 0 Å². The molecule has 1 rings (SSSR count). The van der Waals surface area contributed by atoms with Crippen molar-refractivity contribution in [3.05, 3.63) is 29.8 Å². The Morgan fingerprint density at radius 1 is 1.38 bits per heavy atom. The molecule has 0 aliphatic rings. The number of anilines is 1. The Balaban J connectivity index is 2.79. The molecule has 120 valence electrons. The van der Waals surface area contributed by atoms with Crippen molar-refractivity contribution in [1.29, 1.82) is 0 Å². The molecule has 0 spiro atoms. The Hall–Kier alpha value is -0.560. The second-order valence-corrected chi connectivity index (χ2v) is 5.67. The molecule has 0 aliphatic carbocycles. The molecule has 0 aromatic heterocycles. The summed E-state index contributed by atoms with van der Waals surface area (Å²) in [6.07, 6.45) is -1.29. The van der Waals surface area contributed by atoms with Gasteiger partial charge >= 0.3 is 16.9 Å². The van der Waals surface area contributed by atoms with Gasteiger partial charge in [-0.2, -0.15) is 0 Å². The predicted molar refractivity (Wildman–Crippen MR) is 81.1 cm³/mol. The highest BCUT2D eigenvalue weighted by Crippen LogP contribution is 2.39. The van der Waals surface area contributed by atoms with Crippen LogP contribution in [-0.4, -0.2) is 41.9 Å². The standard InChI is InChI=1S/C11H20N2O6P2/c1-12-7-8-13(2)10-5-3-9(4-6-10)11(18-20(14)15)19-21(16)17/h3-6,11-12,14-15,21H,7-8H2,1-2H3,(H,16,17). The largest absolute Gasteiger partial charge is 0.373 e. The van der Waals surface area contributed by atoms with Crippen molar-refractivity contribution in [2.75, 3.05) is 32.1 Å². The van der Waals surface area contributed by atoms with Crippen molar-refractivity contribution < 1.29 is 28.3 Å². The Bertz CT molecular complexity index is 445. The minimum Gasteiger partial charge on any atom is -0.373 e. The maximum Gasteiger partial charge on any atom is 0.329 e. The van der Waals surface area contributed by atoms with Crippen molar-refractivity contribution in [2.45, 2.75) is 6.29 Å². The van der Waals surface area contributed by atoms with E-state index in [2.05, 4.69) is 9.84 Å². The number of hydrogen-bond donors (Lipinski definition) is 4. The van der Waals surface area contributed by atoms with Crippen molar-refractivity contribution in [3.63, 3.8) is 0 Å². The van der Waals surface area contributed by atoms with Gasteiger partial charge in [-0.3, -0.25) is 13.6 Å². The van der Waals surface area contributed by atoms with E-state index in [1.807, 2.05) is 19.0 Å². The van der Waals surface area contributed by atoms with Crippen molar-refractivity contribution in [3.8, 4) is 0 Å². The van der Waals surface area contributed by atoms with Gasteiger partial charge in [0.05, 0.1) is 0 Å². The van der Waals surface area contributed by atoms with E-state index in [1.54, 1.807) is 24.3 Å². The average Bonchev–Trinajstić information content (AvgIpc) is 2.43. The van der Waals surface area contributed by atoms with Crippen LogP contribution in [0.2, 0.25) is 0 Å². The topological polar surface area (TPSA) is 111 Å². The quantitative estimate of drug-likeness (QED) is 0.389. The lowest BCUT2D eigenvalue weighted by atomic mass is 10.2. The van der Waals surface area contributed by atoms with Crippen LogP contribution in [0.4, 0.5) is 5.69 Å². The normalized spacial score (nSPS) is 14.2. The fraction of sp³-hybridized carbons (Fsp3) is 0.455. The lowest BCUT2D eigenvalue weighted by Crippen LogP contribution is -2.26. The van der Waals surface area contributed by atoms with E-state index in [1.165, 1.54) is 0 Å². The Kier molecular flexibility index (Phi) is 8.33. The molecule has 21 heavy (non-hydrogen) atoms. The number of nitrogens with zero attached hydrogens (tertiary/aromatic N) is 1. The van der Waals surface area contributed by atoms with Crippen LogP contribution in [0.15, 0.2) is 24.3 Å². The van der Waals surface area contributed by atoms with Crippen LogP contribution in [0, 0.1) is 0 Å². The molecule has 0 amide bonds. The van der Waals surface area contributed by atoms with E-state index in [0.717, 1.165) is 18.8 Å². The van der Waals surface area contributed by atoms with Crippen LogP contribution < -0.4 is 10.2 Å². The van der Waals surface area contributed by atoms with Gasteiger partial charge in [0.25, 0.3) is 0 Å². The first kappa shape index (κ1) is 18.5. The summed E-state index contributed by atoms with van der Waals surface area (Å²) in [7, 11) is -2.16. The molecule has 0 saturated heterocycles. The molecule has 0 saturated carbocycles. The van der Waals surface area contributed by atoms with Crippen molar-refractivity contribution in [1.82, 2.24) is 5.32 Å². The summed E-state index contributed by atoms with van der Waals surface area (Å²) in [5.41, 5.74) is 1.36. The number of nitrogens with one attached hydrogen (secondary N) is 1. The molecule has 0 bridgehead atoms. The third kappa shape index (κ3) is 6.82. The highest BCUT2D eigenvalue weighted by molar-refractivity contribution is 7.39. The van der Waals surface area contributed by atoms with Gasteiger partial charge in [-0.1, -0.05) is 12.1 Å². The average molecular weight is 338 g/mol. The molecule has 0 fully saturated rings. The number of benzene rings is 1. The van der Waals surface area contributed by atoms with Crippen LogP contribution in [0.1, 0.15) is 11.9 Å². The van der Waals surface area contributed by atoms with Gasteiger partial charge in [-0.15, -0.1) is 0 Å². The molecular formula is C11H20N2O6P2. The highest BCUT2D eigenvalue weighted by Gasteiger charge is 2.19. The Labute approximate surface area is 125 Å². The molecule has 10 heteroatoms. The van der Waals surface area contributed by atoms with Gasteiger partial charge in [0.1, 0.15) is 0 Å². The van der Waals surface area contributed by atoms with Gasteiger partial charge in [-0.25, -0.2) is 0 Å². The van der Waals surface area contributed by atoms with E-state index < -0.39 is 23.1 Å². The summed E-state index contributed by atoms with van der Waals surface area (Å²) in [5, 5.41) is 3.05. The number of hydrogen-bond acceptors (Lipinski definition) is 7. The fourth-order valence-electron chi connectivity index (χ4n) is 1.62. The lowest BCUT2D eigenvalue weighted by Gasteiger charge is -2.21. The molecular weight excluding hydrogens is 318 g/mol. The van der Waals surface area contributed by atoms with Crippen LogP contribution in [0.3, 0.4) is 0 Å². The molecule has 8 nitrogen and oxygen atoms in total. The van der Waals surface area contributed by atoms with Gasteiger partial charge in [-0.05, 0) is 19.2 Å². The van der Waals surface area contributed by atoms with Crippen LogP contribution >= 0.6 is 16.9 Å². The molecule has 0 radical (unpaired) electrons. The summed E-state index contributed by atoms with van der Waals surface area (Å²) in [4.78, 5) is 28.6. The summed E-state index contributed by atoms with van der Waals surface area (Å²) in [5.74, 6) is 0. The van der Waals surface area contributed by atoms with Crippen LogP contribution in [0.25, 0.3) is 0 Å². The molecule has 1 aromatic rings. The third-order valence-electron chi connectivity index (χ3n) is 2.70. The maximum atomic E-state index is 10.8. The summed E-state index contributed by atoms with van der Waals surface area (Å²) in [6.45, 7) is 1.65. The summed E-state index contributed by atoms with van der Waals surface area (Å²) in [6, 6.07) is 6.85. The second kappa shape index (κ2) is 9.46. The fourth-order valence-corrected chi connectivity index (χ4v) is 2.41. The number of rotatable bonds is 9. The van der Waals surface area contributed by atoms with E-state index in [9.17, 15) is 4.57 Å². The third-order valence-corrected chi connectivity index (χ3v) is 3.50. The van der Waals surface area contributed by atoms with Crippen molar-refractivity contribution >= 4 is 22.5 Å². The zero-order chi connectivity index (χ0) is 15.8. The first-order chi connectivity index (χ1) is 9.93. The van der Waals surface area contributed by atoms with Gasteiger partial charge in [0.15, 0.2) is 0 Å². The predicted octanol–water partition coefficient (Wildman–Crippen LogP) is 0.967. The van der Waals surface area contributed by atoms with E-state index in [4.69, 9.17) is 19.2 Å². The second-order valence-electron chi connectivity index (χ2n) is 4.19. The minimum absolute atomic E-state index is 0.420. The van der Waals surface area contributed by atoms with Crippen molar-refractivity contribution in [2.24, 2.45) is 0 Å². The molecule has 1 aromatic carbocycles. The lowest BCUT2D eigenvalue weighted by molar-refractivity contribution is -0.00623. The van der Waals surface area contributed by atoms with Gasteiger partial charge in [0, 0.05) is 31.4 Å². The monoisotopic (exact) mass is 338 g/mol. The molecule has 2 unspecified atom stereocenters. The smallest absolute Gasteiger partial charge is 0.329 e. The highest BCUT2D eigenvalue weighted by atomic mass is 31.2. The zero-order valence-corrected chi connectivity index (χ0v) is 13.7. The Morgan fingerprint density at radius 2 is 2.00 bits per heavy atom. The van der Waals surface area contributed by atoms with Gasteiger partial charge in [0.2, 0.25) is 6.29 Å². The summed E-state index contributed by atoms with van der Waals surface area (Å²) < 4.78 is 20.1. The first-order valence-corrected chi connectivity index (χ1v) is 8.57. The molecule has 0 heterocycles. The SMILES string of the molecule is CNCCN(C)c1ccc(C(OP(O)O)O[PH](=O)O)cc1. The van der Waals surface area contributed by atoms with E-state index >= 15 is 0 Å². The summed E-state index contributed by atoms with van der Waals surface area (Å²) >= 11 is 0. The maximum absolute atomic E-state index is 10.8. The Morgan fingerprint density at radius 3 is 2.48 bits per heavy atom. The molecule has 2 atom stereocenters. The minimum atomic E-state index is -3.27. The van der Waals surface area contributed by atoms with E-state index in [0.29, 0.717) is 5.56 Å². The van der Waals surface area contributed by atoms with Crippen LogP contribution in [-0.2, 0) is 13.6 Å². The number of likely N-dealkylation sites (N-methyl/N-ethyl adjacent to an activating group) is 2. The molecule has 0 aliphatic heterocycles. The zero-order valence-electron chi connectivity index (χ0n) is 11.8. The van der Waals surface area contributed by atoms with E-state index in [-0.39, 0.29) is 0 Å². The first-order valence-electron chi connectivity index (χ1n) is 6.14.